The van der Waals surface area contributed by atoms with Crippen LogP contribution >= 0.6 is 0 Å². The van der Waals surface area contributed by atoms with Gasteiger partial charge in [0.2, 0.25) is 0 Å². The van der Waals surface area contributed by atoms with Crippen LogP contribution in [0, 0.1) is 0 Å². The molecule has 0 N–H and O–H groups in total. The van der Waals surface area contributed by atoms with Gasteiger partial charge in [0.25, 0.3) is 6.71 Å². The molecule has 0 atom stereocenters. The zero-order valence-electron chi connectivity index (χ0n) is 46.1. The Balaban J connectivity index is 1.18. The standard InChI is InChI=1S/C73H68BN3/c1-70(2,3)51-35-41-60(42-36-51)76-65-45-39-56(71(4,5)6)47-63(65)74-64-48-57(72(7,8)9)40-46-66(64)77(68-50-62(49-67(76)69(68)74)75(58-31-21-13-22-32-58)59-33-23-14-24-34-59)61-43-37-55(38-44-61)73(52-25-15-10-16-26-52,53-27-17-11-18-28-53)54-29-19-12-20-30-54/h10-50H,1-9H3. The maximum absolute atomic E-state index is 2.58. The van der Waals surface area contributed by atoms with Crippen molar-refractivity contribution >= 4 is 74.3 Å². The first-order chi connectivity index (χ1) is 37.1. The van der Waals surface area contributed by atoms with Crippen LogP contribution in [0.2, 0.25) is 0 Å². The number of para-hydroxylation sites is 2. The van der Waals surface area contributed by atoms with Crippen LogP contribution < -0.4 is 31.1 Å². The van der Waals surface area contributed by atoms with Crippen LogP contribution in [0.5, 0.6) is 0 Å². The highest BCUT2D eigenvalue weighted by Gasteiger charge is 2.45. The van der Waals surface area contributed by atoms with Gasteiger partial charge in [0.15, 0.2) is 0 Å². The third-order valence-electron chi connectivity index (χ3n) is 16.2. The van der Waals surface area contributed by atoms with E-state index < -0.39 is 5.41 Å². The Morgan fingerprint density at radius 3 is 0.948 bits per heavy atom. The summed E-state index contributed by atoms with van der Waals surface area (Å²) in [5.41, 5.74) is 22.2. The molecule has 10 aromatic rings. The molecular weight excluding hydrogens is 930 g/mol. The fraction of sp³-hybridized carbons (Fsp3) is 0.178. The van der Waals surface area contributed by atoms with Crippen molar-refractivity contribution in [1.29, 1.82) is 0 Å². The summed E-state index contributed by atoms with van der Waals surface area (Å²) in [5, 5.41) is 0. The Bertz CT molecular complexity index is 3590. The van der Waals surface area contributed by atoms with Gasteiger partial charge in [0.1, 0.15) is 0 Å². The summed E-state index contributed by atoms with van der Waals surface area (Å²) in [6, 6.07) is 93.3. The third kappa shape index (κ3) is 8.65. The van der Waals surface area contributed by atoms with Gasteiger partial charge in [-0.3, -0.25) is 0 Å². The molecule has 10 aromatic carbocycles. The second-order valence-corrected chi connectivity index (χ2v) is 24.2. The lowest BCUT2D eigenvalue weighted by atomic mass is 9.33. The van der Waals surface area contributed by atoms with E-state index in [0.29, 0.717) is 0 Å². The highest BCUT2D eigenvalue weighted by atomic mass is 15.2. The molecule has 2 aliphatic heterocycles. The van der Waals surface area contributed by atoms with E-state index in [1.54, 1.807) is 0 Å². The van der Waals surface area contributed by atoms with Crippen molar-refractivity contribution in [2.75, 3.05) is 14.7 Å². The predicted octanol–water partition coefficient (Wildman–Crippen LogP) is 17.5. The topological polar surface area (TPSA) is 9.72 Å². The minimum atomic E-state index is -0.586. The lowest BCUT2D eigenvalue weighted by Gasteiger charge is -2.45. The molecule has 0 fully saturated rings. The molecule has 0 aromatic heterocycles. The molecule has 0 unspecified atom stereocenters. The van der Waals surface area contributed by atoms with Crippen molar-refractivity contribution < 1.29 is 0 Å². The summed E-state index contributed by atoms with van der Waals surface area (Å²) in [6.45, 7) is 20.9. The number of hydrogen-bond acceptors (Lipinski definition) is 3. The van der Waals surface area contributed by atoms with Crippen LogP contribution in [0.15, 0.2) is 249 Å². The first kappa shape index (κ1) is 49.5. The average molecular weight is 998 g/mol. The molecule has 77 heavy (non-hydrogen) atoms. The van der Waals surface area contributed by atoms with Gasteiger partial charge in [-0.2, -0.15) is 0 Å². The van der Waals surface area contributed by atoms with E-state index in [1.807, 2.05) is 0 Å². The number of rotatable bonds is 9. The summed E-state index contributed by atoms with van der Waals surface area (Å²) in [7, 11) is 0. The monoisotopic (exact) mass is 998 g/mol. The Hall–Kier alpha value is -8.34. The van der Waals surface area contributed by atoms with Gasteiger partial charge >= 0.3 is 0 Å². The zero-order chi connectivity index (χ0) is 53.3. The quantitative estimate of drug-likeness (QED) is 0.105. The largest absolute Gasteiger partial charge is 0.311 e. The molecule has 378 valence electrons. The third-order valence-corrected chi connectivity index (χ3v) is 16.2. The molecule has 2 heterocycles. The second kappa shape index (κ2) is 19.0. The Kier molecular flexibility index (Phi) is 12.3. The van der Waals surface area contributed by atoms with Crippen LogP contribution in [-0.4, -0.2) is 6.71 Å². The van der Waals surface area contributed by atoms with Gasteiger partial charge in [0.05, 0.1) is 11.1 Å². The Labute approximate surface area is 458 Å². The van der Waals surface area contributed by atoms with E-state index in [4.69, 9.17) is 0 Å². The summed E-state index contributed by atoms with van der Waals surface area (Å²) in [5.74, 6) is 0. The molecule has 0 radical (unpaired) electrons. The molecule has 0 saturated heterocycles. The van der Waals surface area contributed by atoms with E-state index in [2.05, 4.69) is 326 Å². The molecule has 0 aliphatic carbocycles. The van der Waals surface area contributed by atoms with Gasteiger partial charge in [-0.25, -0.2) is 0 Å². The summed E-state index contributed by atoms with van der Waals surface area (Å²) >= 11 is 0. The van der Waals surface area contributed by atoms with Crippen LogP contribution in [-0.2, 0) is 21.7 Å². The van der Waals surface area contributed by atoms with Crippen LogP contribution in [0.25, 0.3) is 0 Å². The average Bonchev–Trinajstić information content (AvgIpc) is 3.56. The molecule has 12 rings (SSSR count). The van der Waals surface area contributed by atoms with Gasteiger partial charge in [-0.05, 0) is 144 Å². The highest BCUT2D eigenvalue weighted by molar-refractivity contribution is 7.00. The molecule has 0 amide bonds. The maximum Gasteiger partial charge on any atom is 0.252 e. The Morgan fingerprint density at radius 2 is 0.597 bits per heavy atom. The van der Waals surface area contributed by atoms with Crippen LogP contribution in [0.4, 0.5) is 51.2 Å². The molecule has 4 heteroatoms. The number of anilines is 9. The van der Waals surface area contributed by atoms with Crippen molar-refractivity contribution in [1.82, 2.24) is 0 Å². The molecule has 0 spiro atoms. The van der Waals surface area contributed by atoms with Crippen molar-refractivity contribution in [3.63, 3.8) is 0 Å². The van der Waals surface area contributed by atoms with Crippen molar-refractivity contribution in [2.45, 2.75) is 84.0 Å². The van der Waals surface area contributed by atoms with Crippen molar-refractivity contribution in [3.8, 4) is 0 Å². The smallest absolute Gasteiger partial charge is 0.252 e. The summed E-state index contributed by atoms with van der Waals surface area (Å²) in [4.78, 5) is 7.57. The van der Waals surface area contributed by atoms with Crippen molar-refractivity contribution in [2.24, 2.45) is 0 Å². The number of nitrogens with zero attached hydrogens (tertiary/aromatic N) is 3. The Morgan fingerprint density at radius 1 is 0.286 bits per heavy atom. The van der Waals surface area contributed by atoms with Crippen LogP contribution in [0.1, 0.15) is 101 Å². The van der Waals surface area contributed by atoms with Crippen molar-refractivity contribution in [3.05, 3.63) is 288 Å². The highest BCUT2D eigenvalue weighted by Crippen LogP contribution is 2.51. The van der Waals surface area contributed by atoms with Gasteiger partial charge in [-0.15, -0.1) is 0 Å². The lowest BCUT2D eigenvalue weighted by Crippen LogP contribution is -2.61. The SMILES string of the molecule is CC(C)(C)c1ccc(N2c3ccc(C(C)(C)C)cc3B3c4cc(C(C)(C)C)ccc4N(c4ccc(C(c5ccccc5)(c5ccccc5)c5ccccc5)cc4)c4cc(N(c5ccccc5)c5ccccc5)cc2c43)cc1. The van der Waals surface area contributed by atoms with Gasteiger partial charge in [-0.1, -0.05) is 238 Å². The number of fused-ring (bicyclic) bond motifs is 4. The number of benzene rings is 10. The fourth-order valence-electron chi connectivity index (χ4n) is 12.2. The minimum absolute atomic E-state index is 0.00343. The zero-order valence-corrected chi connectivity index (χ0v) is 46.1. The molecule has 0 saturated carbocycles. The molecular formula is C73H68BN3. The molecule has 3 nitrogen and oxygen atoms in total. The van der Waals surface area contributed by atoms with E-state index in [-0.39, 0.29) is 23.0 Å². The first-order valence-electron chi connectivity index (χ1n) is 27.5. The summed E-state index contributed by atoms with van der Waals surface area (Å²) in [6.07, 6.45) is 0. The molecule has 0 bridgehead atoms. The maximum atomic E-state index is 2.58. The van der Waals surface area contributed by atoms with E-state index in [9.17, 15) is 0 Å². The molecule has 2 aliphatic rings. The fourth-order valence-corrected chi connectivity index (χ4v) is 12.2. The minimum Gasteiger partial charge on any atom is -0.311 e. The predicted molar refractivity (Wildman–Crippen MR) is 330 cm³/mol. The van der Waals surface area contributed by atoms with E-state index in [1.165, 1.54) is 72.4 Å². The van der Waals surface area contributed by atoms with Crippen LogP contribution in [0.3, 0.4) is 0 Å². The first-order valence-corrected chi connectivity index (χ1v) is 27.5. The van der Waals surface area contributed by atoms with Gasteiger partial charge < -0.3 is 14.7 Å². The normalized spacial score (nSPS) is 13.2. The van der Waals surface area contributed by atoms with Gasteiger partial charge in [0, 0.05) is 45.5 Å². The summed E-state index contributed by atoms with van der Waals surface area (Å²) < 4.78 is 0. The number of hydrogen-bond donors (Lipinski definition) is 0. The second-order valence-electron chi connectivity index (χ2n) is 24.2. The van der Waals surface area contributed by atoms with E-state index in [0.717, 1.165) is 34.1 Å². The lowest BCUT2D eigenvalue weighted by molar-refractivity contribution is 0.590. The van der Waals surface area contributed by atoms with E-state index >= 15 is 0 Å².